The molecule has 0 heterocycles. The van der Waals surface area contributed by atoms with Crippen LogP contribution in [0.2, 0.25) is 0 Å². The second kappa shape index (κ2) is 13.2. The van der Waals surface area contributed by atoms with Crippen LogP contribution < -0.4 is 10.2 Å². The summed E-state index contributed by atoms with van der Waals surface area (Å²) in [5, 5.41) is 20.9. The molecule has 0 bridgehead atoms. The van der Waals surface area contributed by atoms with E-state index in [4.69, 9.17) is 0 Å². The van der Waals surface area contributed by atoms with Crippen LogP contribution in [0.1, 0.15) is 58.5 Å². The minimum Gasteiger partial charge on any atom is -0.545 e. The van der Waals surface area contributed by atoms with E-state index in [1.807, 2.05) is 12.1 Å². The van der Waals surface area contributed by atoms with E-state index in [0.717, 1.165) is 36.8 Å². The summed E-state index contributed by atoms with van der Waals surface area (Å²) >= 11 is 0. The molecule has 0 radical (unpaired) electrons. The molecule has 0 N–H and O–H groups in total. The van der Waals surface area contributed by atoms with Gasteiger partial charge in [-0.1, -0.05) is 63.1 Å². The van der Waals surface area contributed by atoms with Crippen LogP contribution in [-0.2, 0) is 12.8 Å². The van der Waals surface area contributed by atoms with Crippen molar-refractivity contribution in [3.63, 3.8) is 0 Å². The van der Waals surface area contributed by atoms with E-state index in [0.29, 0.717) is 0 Å². The quantitative estimate of drug-likeness (QED) is 0.610. The molecule has 2 aromatic carbocycles. The Morgan fingerprint density at radius 2 is 1.12 bits per heavy atom. The number of hydrogen-bond donors (Lipinski definition) is 0. The molecule has 5 heteroatoms. The van der Waals surface area contributed by atoms with Crippen LogP contribution in [-0.4, -0.2) is 60.8 Å². The third-order valence-corrected chi connectivity index (χ3v) is 3.40. The number of carboxylic acids is 2. The predicted octanol–water partition coefficient (Wildman–Crippen LogP) is 1.62. The first kappa shape index (κ1) is 24.0. The number of carbonyl (C=O) groups excluding carboxylic acids is 2. The van der Waals surface area contributed by atoms with Crippen molar-refractivity contribution in [1.82, 2.24) is 0 Å². The van der Waals surface area contributed by atoms with Crippen LogP contribution in [0.25, 0.3) is 0 Å². The standard InChI is InChI=1S/2C10H12O2.Ba/c2*1-2-4-8-5-3-6-9(7-8)10(11)12;/h2*3,5-7H,2,4H2,1H3,(H,11,12);/q;;+2/p-2. The van der Waals surface area contributed by atoms with Gasteiger partial charge in [-0.2, -0.15) is 0 Å². The molecule has 0 saturated heterocycles. The summed E-state index contributed by atoms with van der Waals surface area (Å²) in [6, 6.07) is 13.8. The van der Waals surface area contributed by atoms with Crippen molar-refractivity contribution in [2.24, 2.45) is 0 Å². The van der Waals surface area contributed by atoms with Gasteiger partial charge in [0.25, 0.3) is 0 Å². The average molecular weight is 464 g/mol. The van der Waals surface area contributed by atoms with Gasteiger partial charge in [-0.15, -0.1) is 0 Å². The molecule has 0 saturated carbocycles. The molecule has 4 nitrogen and oxygen atoms in total. The summed E-state index contributed by atoms with van der Waals surface area (Å²) in [5.41, 5.74) is 2.64. The van der Waals surface area contributed by atoms with Crippen LogP contribution in [0, 0.1) is 0 Å². The topological polar surface area (TPSA) is 80.3 Å². The molecule has 0 fully saturated rings. The van der Waals surface area contributed by atoms with Gasteiger partial charge in [-0.25, -0.2) is 0 Å². The van der Waals surface area contributed by atoms with Crippen molar-refractivity contribution in [3.8, 4) is 0 Å². The van der Waals surface area contributed by atoms with Gasteiger partial charge in [0.15, 0.2) is 0 Å². The SMILES string of the molecule is CCCc1cccc(C(=O)[O-])c1.CCCc1cccc(C(=O)[O-])c1.[Ba+2]. The Bertz CT molecular complexity index is 623. The van der Waals surface area contributed by atoms with E-state index >= 15 is 0 Å². The molecule has 0 aliphatic carbocycles. The van der Waals surface area contributed by atoms with Gasteiger partial charge in [-0.3, -0.25) is 0 Å². The van der Waals surface area contributed by atoms with E-state index < -0.39 is 11.9 Å². The van der Waals surface area contributed by atoms with Gasteiger partial charge in [0, 0.05) is 0 Å². The molecule has 25 heavy (non-hydrogen) atoms. The van der Waals surface area contributed by atoms with Gasteiger partial charge in [0.1, 0.15) is 0 Å². The zero-order valence-electron chi connectivity index (χ0n) is 14.8. The molecule has 0 aliphatic heterocycles. The van der Waals surface area contributed by atoms with Gasteiger partial charge in [0.2, 0.25) is 0 Å². The average Bonchev–Trinajstić information content (AvgIpc) is 2.56. The van der Waals surface area contributed by atoms with Gasteiger partial charge in [0.05, 0.1) is 11.9 Å². The Hall–Kier alpha value is -1.05. The van der Waals surface area contributed by atoms with Crippen LogP contribution in [0.5, 0.6) is 0 Å². The zero-order valence-corrected chi connectivity index (χ0v) is 19.2. The molecule has 0 aromatic heterocycles. The second-order valence-corrected chi connectivity index (χ2v) is 5.48. The summed E-state index contributed by atoms with van der Waals surface area (Å²) in [5.74, 6) is -2.21. The first-order valence-corrected chi connectivity index (χ1v) is 8.08. The normalized spacial score (nSPS) is 9.36. The smallest absolute Gasteiger partial charge is 0.545 e. The molecular weight excluding hydrogens is 442 g/mol. The van der Waals surface area contributed by atoms with Crippen LogP contribution in [0.15, 0.2) is 48.5 Å². The monoisotopic (exact) mass is 464 g/mol. The first-order chi connectivity index (χ1) is 11.5. The molecular formula is C20H22BaO4. The number of aromatic carboxylic acids is 2. The Balaban J connectivity index is 0.000000443. The van der Waals surface area contributed by atoms with Crippen molar-refractivity contribution in [1.29, 1.82) is 0 Å². The van der Waals surface area contributed by atoms with E-state index in [9.17, 15) is 19.8 Å². The summed E-state index contributed by atoms with van der Waals surface area (Å²) in [7, 11) is 0. The maximum Gasteiger partial charge on any atom is 2.00 e. The number of aryl methyl sites for hydroxylation is 2. The number of benzene rings is 2. The van der Waals surface area contributed by atoms with E-state index in [-0.39, 0.29) is 60.0 Å². The largest absolute Gasteiger partial charge is 2.00 e. The molecule has 2 aromatic rings. The molecule has 128 valence electrons. The predicted molar refractivity (Wildman–Crippen MR) is 95.3 cm³/mol. The fourth-order valence-corrected chi connectivity index (χ4v) is 2.28. The Kier molecular flexibility index (Phi) is 12.6. The molecule has 0 spiro atoms. The third kappa shape index (κ3) is 9.28. The van der Waals surface area contributed by atoms with Crippen LogP contribution >= 0.6 is 0 Å². The minimum atomic E-state index is -1.10. The van der Waals surface area contributed by atoms with Crippen LogP contribution in [0.4, 0.5) is 0 Å². The summed E-state index contributed by atoms with van der Waals surface area (Å²) in [6.07, 6.45) is 3.88. The molecule has 0 unspecified atom stereocenters. The zero-order chi connectivity index (χ0) is 17.9. The minimum absolute atomic E-state index is 0. The van der Waals surface area contributed by atoms with Gasteiger partial charge in [-0.05, 0) is 47.2 Å². The van der Waals surface area contributed by atoms with E-state index in [1.165, 1.54) is 0 Å². The summed E-state index contributed by atoms with van der Waals surface area (Å²) < 4.78 is 0. The number of hydrogen-bond acceptors (Lipinski definition) is 4. The Morgan fingerprint density at radius 1 is 0.760 bits per heavy atom. The number of carboxylic acid groups (broad SMARTS) is 2. The number of carbonyl (C=O) groups is 2. The Labute approximate surface area is 189 Å². The van der Waals surface area contributed by atoms with Gasteiger partial charge < -0.3 is 19.8 Å². The second-order valence-electron chi connectivity index (χ2n) is 5.48. The van der Waals surface area contributed by atoms with Crippen molar-refractivity contribution in [2.45, 2.75) is 39.5 Å². The third-order valence-electron chi connectivity index (χ3n) is 3.40. The molecule has 2 rings (SSSR count). The summed E-state index contributed by atoms with van der Waals surface area (Å²) in [6.45, 7) is 4.12. The molecule has 0 atom stereocenters. The van der Waals surface area contributed by atoms with Crippen molar-refractivity contribution in [3.05, 3.63) is 70.8 Å². The van der Waals surface area contributed by atoms with Crippen molar-refractivity contribution < 1.29 is 19.8 Å². The van der Waals surface area contributed by atoms with Gasteiger partial charge >= 0.3 is 48.9 Å². The first-order valence-electron chi connectivity index (χ1n) is 8.08. The number of rotatable bonds is 6. The van der Waals surface area contributed by atoms with E-state index in [2.05, 4.69) is 13.8 Å². The maximum atomic E-state index is 10.4. The van der Waals surface area contributed by atoms with Crippen molar-refractivity contribution in [2.75, 3.05) is 0 Å². The molecule has 0 amide bonds. The van der Waals surface area contributed by atoms with Crippen molar-refractivity contribution >= 4 is 60.8 Å². The summed E-state index contributed by atoms with van der Waals surface area (Å²) in [4.78, 5) is 20.9. The Morgan fingerprint density at radius 3 is 1.40 bits per heavy atom. The molecule has 0 aliphatic rings. The fraction of sp³-hybridized carbons (Fsp3) is 0.300. The van der Waals surface area contributed by atoms with E-state index in [1.54, 1.807) is 36.4 Å². The fourth-order valence-electron chi connectivity index (χ4n) is 2.28. The van der Waals surface area contributed by atoms with Crippen LogP contribution in [0.3, 0.4) is 0 Å². The maximum absolute atomic E-state index is 10.4.